The lowest BCUT2D eigenvalue weighted by molar-refractivity contribution is 0.0533. The summed E-state index contributed by atoms with van der Waals surface area (Å²) in [4.78, 5) is 11.2. The number of hydrogen-bond donors (Lipinski definition) is 2. The van der Waals surface area contributed by atoms with E-state index in [0.29, 0.717) is 11.3 Å². The molecule has 1 unspecified atom stereocenters. The van der Waals surface area contributed by atoms with Crippen molar-refractivity contribution in [1.82, 2.24) is 0 Å². The molecule has 0 aromatic heterocycles. The summed E-state index contributed by atoms with van der Waals surface area (Å²) < 4.78 is 5.35. The van der Waals surface area contributed by atoms with Crippen molar-refractivity contribution in [1.29, 1.82) is 0 Å². The molecule has 0 saturated carbocycles. The van der Waals surface area contributed by atoms with Crippen LogP contribution in [-0.2, 0) is 0 Å². The lowest BCUT2D eigenvalue weighted by atomic mass is 10.0. The molecule has 0 aliphatic rings. The van der Waals surface area contributed by atoms with Crippen LogP contribution in [-0.4, -0.2) is 35.8 Å². The van der Waals surface area contributed by atoms with E-state index in [1.54, 1.807) is 6.07 Å². The number of aliphatic hydroxyl groups excluding tert-OH is 2. The largest absolute Gasteiger partial charge is 0.490 e. The number of rotatable bonds is 5. The first-order valence-corrected chi connectivity index (χ1v) is 5.65. The first-order chi connectivity index (χ1) is 8.76. The van der Waals surface area contributed by atoms with Gasteiger partial charge >= 0.3 is 0 Å². The highest BCUT2D eigenvalue weighted by atomic mass is 16.5. The Kier molecular flexibility index (Phi) is 3.92. The SMILES string of the molecule is O=Cc1c(OCC(O)CO)ccc2ccccc12. The van der Waals surface area contributed by atoms with Gasteiger partial charge in [0.25, 0.3) is 0 Å². The van der Waals surface area contributed by atoms with Crippen LogP contribution in [0.1, 0.15) is 10.4 Å². The van der Waals surface area contributed by atoms with Gasteiger partial charge in [-0.25, -0.2) is 0 Å². The molecule has 0 aliphatic carbocycles. The summed E-state index contributed by atoms with van der Waals surface area (Å²) in [7, 11) is 0. The van der Waals surface area contributed by atoms with Crippen molar-refractivity contribution in [2.45, 2.75) is 6.10 Å². The maximum Gasteiger partial charge on any atom is 0.154 e. The fraction of sp³-hybridized carbons (Fsp3) is 0.214. The molecular weight excluding hydrogens is 232 g/mol. The van der Waals surface area contributed by atoms with Gasteiger partial charge in [-0.1, -0.05) is 30.3 Å². The molecule has 0 fully saturated rings. The van der Waals surface area contributed by atoms with Crippen LogP contribution in [0.25, 0.3) is 10.8 Å². The third-order valence-corrected chi connectivity index (χ3v) is 2.69. The highest BCUT2D eigenvalue weighted by molar-refractivity contribution is 6.00. The lowest BCUT2D eigenvalue weighted by Crippen LogP contribution is -2.21. The average Bonchev–Trinajstić information content (AvgIpc) is 2.43. The smallest absolute Gasteiger partial charge is 0.154 e. The van der Waals surface area contributed by atoms with Crippen molar-refractivity contribution in [3.05, 3.63) is 42.0 Å². The zero-order valence-corrected chi connectivity index (χ0v) is 9.74. The number of carbonyl (C=O) groups is 1. The molecule has 18 heavy (non-hydrogen) atoms. The molecule has 0 heterocycles. The van der Waals surface area contributed by atoms with Gasteiger partial charge in [0, 0.05) is 0 Å². The van der Waals surface area contributed by atoms with E-state index in [9.17, 15) is 9.90 Å². The second-order valence-electron chi connectivity index (χ2n) is 3.96. The molecule has 0 spiro atoms. The Labute approximate surface area is 104 Å². The Morgan fingerprint density at radius 2 is 2.00 bits per heavy atom. The van der Waals surface area contributed by atoms with Gasteiger partial charge in [0.15, 0.2) is 6.29 Å². The van der Waals surface area contributed by atoms with Gasteiger partial charge in [0.1, 0.15) is 18.5 Å². The molecule has 0 bridgehead atoms. The van der Waals surface area contributed by atoms with E-state index in [-0.39, 0.29) is 13.2 Å². The first-order valence-electron chi connectivity index (χ1n) is 5.65. The molecule has 0 amide bonds. The van der Waals surface area contributed by atoms with Crippen LogP contribution in [0.3, 0.4) is 0 Å². The molecule has 0 aliphatic heterocycles. The van der Waals surface area contributed by atoms with Crippen molar-refractivity contribution in [3.8, 4) is 5.75 Å². The van der Waals surface area contributed by atoms with Gasteiger partial charge in [0.2, 0.25) is 0 Å². The van der Waals surface area contributed by atoms with Gasteiger partial charge in [0.05, 0.1) is 12.2 Å². The van der Waals surface area contributed by atoms with E-state index < -0.39 is 6.10 Å². The van der Waals surface area contributed by atoms with Gasteiger partial charge in [-0.15, -0.1) is 0 Å². The zero-order valence-electron chi connectivity index (χ0n) is 9.74. The van der Waals surface area contributed by atoms with Crippen molar-refractivity contribution in [2.24, 2.45) is 0 Å². The van der Waals surface area contributed by atoms with E-state index in [2.05, 4.69) is 0 Å². The molecule has 0 saturated heterocycles. The quantitative estimate of drug-likeness (QED) is 0.782. The topological polar surface area (TPSA) is 66.8 Å². The summed E-state index contributed by atoms with van der Waals surface area (Å²) in [5.41, 5.74) is 0.457. The molecule has 94 valence electrons. The molecule has 2 aromatic carbocycles. The second kappa shape index (κ2) is 5.62. The Bertz CT molecular complexity index is 550. The van der Waals surface area contributed by atoms with E-state index in [4.69, 9.17) is 9.84 Å². The Morgan fingerprint density at radius 3 is 2.72 bits per heavy atom. The molecule has 2 rings (SSSR count). The predicted molar refractivity (Wildman–Crippen MR) is 67.9 cm³/mol. The van der Waals surface area contributed by atoms with Crippen LogP contribution >= 0.6 is 0 Å². The summed E-state index contributed by atoms with van der Waals surface area (Å²) >= 11 is 0. The molecular formula is C14H14O4. The van der Waals surface area contributed by atoms with Gasteiger partial charge in [-0.05, 0) is 16.8 Å². The third kappa shape index (κ3) is 2.50. The molecule has 1 atom stereocenters. The van der Waals surface area contributed by atoms with Crippen LogP contribution in [0.4, 0.5) is 0 Å². The zero-order chi connectivity index (χ0) is 13.0. The molecule has 4 heteroatoms. The standard InChI is InChI=1S/C14H14O4/c15-7-11(17)9-18-14-6-5-10-3-1-2-4-12(10)13(14)8-16/h1-6,8,11,15,17H,7,9H2. The van der Waals surface area contributed by atoms with E-state index in [0.717, 1.165) is 17.1 Å². The van der Waals surface area contributed by atoms with Crippen molar-refractivity contribution < 1.29 is 19.7 Å². The normalized spacial score (nSPS) is 12.3. The second-order valence-corrected chi connectivity index (χ2v) is 3.96. The van der Waals surface area contributed by atoms with Crippen molar-refractivity contribution in [2.75, 3.05) is 13.2 Å². The number of aliphatic hydroxyl groups is 2. The number of carbonyl (C=O) groups excluding carboxylic acids is 1. The van der Waals surface area contributed by atoms with Crippen LogP contribution in [0.5, 0.6) is 5.75 Å². The molecule has 2 aromatic rings. The molecule has 0 radical (unpaired) electrons. The average molecular weight is 246 g/mol. The van der Waals surface area contributed by atoms with Crippen molar-refractivity contribution >= 4 is 17.1 Å². The third-order valence-electron chi connectivity index (χ3n) is 2.69. The number of hydrogen-bond acceptors (Lipinski definition) is 4. The maximum absolute atomic E-state index is 11.2. The Hall–Kier alpha value is -1.91. The first kappa shape index (κ1) is 12.5. The van der Waals surface area contributed by atoms with Crippen molar-refractivity contribution in [3.63, 3.8) is 0 Å². The summed E-state index contributed by atoms with van der Waals surface area (Å²) in [6.45, 7) is -0.417. The van der Waals surface area contributed by atoms with Crippen LogP contribution in [0, 0.1) is 0 Å². The van der Waals surface area contributed by atoms with Crippen LogP contribution in [0.15, 0.2) is 36.4 Å². The van der Waals surface area contributed by atoms with Gasteiger partial charge < -0.3 is 14.9 Å². The number of benzene rings is 2. The van der Waals surface area contributed by atoms with Gasteiger partial charge in [-0.3, -0.25) is 4.79 Å². The summed E-state index contributed by atoms with van der Waals surface area (Å²) in [5, 5.41) is 19.7. The summed E-state index contributed by atoms with van der Waals surface area (Å²) in [6, 6.07) is 11.0. The Morgan fingerprint density at radius 1 is 1.22 bits per heavy atom. The fourth-order valence-electron chi connectivity index (χ4n) is 1.76. The molecule has 2 N–H and O–H groups in total. The van der Waals surface area contributed by atoms with E-state index in [1.165, 1.54) is 0 Å². The van der Waals surface area contributed by atoms with Gasteiger partial charge in [-0.2, -0.15) is 0 Å². The summed E-state index contributed by atoms with van der Waals surface area (Å²) in [5.74, 6) is 0.413. The highest BCUT2D eigenvalue weighted by Gasteiger charge is 2.09. The number of ether oxygens (including phenoxy) is 1. The minimum Gasteiger partial charge on any atom is -0.490 e. The van der Waals surface area contributed by atoms with Crippen LogP contribution in [0.2, 0.25) is 0 Å². The minimum atomic E-state index is -0.948. The molecule has 4 nitrogen and oxygen atoms in total. The monoisotopic (exact) mass is 246 g/mol. The highest BCUT2D eigenvalue weighted by Crippen LogP contribution is 2.26. The predicted octanol–water partition coefficient (Wildman–Crippen LogP) is 1.38. The fourth-order valence-corrected chi connectivity index (χ4v) is 1.76. The van der Waals surface area contributed by atoms with E-state index >= 15 is 0 Å². The maximum atomic E-state index is 11.2. The van der Waals surface area contributed by atoms with E-state index in [1.807, 2.05) is 30.3 Å². The summed E-state index contributed by atoms with van der Waals surface area (Å²) in [6.07, 6.45) is -0.209. The minimum absolute atomic E-state index is 0.0460. The Balaban J connectivity index is 2.36. The number of fused-ring (bicyclic) bond motifs is 1. The lowest BCUT2D eigenvalue weighted by Gasteiger charge is -2.12. The number of aldehydes is 1. The van der Waals surface area contributed by atoms with Crippen LogP contribution < -0.4 is 4.74 Å².